The lowest BCUT2D eigenvalue weighted by Gasteiger charge is -2.04. The molecule has 0 rings (SSSR count). The van der Waals surface area contributed by atoms with Crippen molar-refractivity contribution in [2.75, 3.05) is 13.1 Å². The molecule has 0 aromatic rings. The number of hydrogen-bond donors (Lipinski definition) is 3. The van der Waals surface area contributed by atoms with Crippen LogP contribution in [-0.4, -0.2) is 25.0 Å². The monoisotopic (exact) mass is 270 g/mol. The molecular weight excluding hydrogens is 240 g/mol. The minimum atomic E-state index is 0.0670. The number of nitrogens with two attached hydrogens (primary N) is 2. The average Bonchev–Trinajstić information content (AvgIpc) is 2.37. The summed E-state index contributed by atoms with van der Waals surface area (Å²) < 4.78 is 0. The zero-order valence-electron chi connectivity index (χ0n) is 12.3. The summed E-state index contributed by atoms with van der Waals surface area (Å²) in [6.07, 6.45) is 10.6. The Morgan fingerprint density at radius 3 is 2.16 bits per heavy atom. The van der Waals surface area contributed by atoms with Crippen molar-refractivity contribution in [1.29, 1.82) is 0 Å². The lowest BCUT2D eigenvalue weighted by atomic mass is 10.1. The molecule has 5 heteroatoms. The highest BCUT2D eigenvalue weighted by Crippen LogP contribution is 2.09. The van der Waals surface area contributed by atoms with Crippen LogP contribution >= 0.6 is 0 Å². The molecule has 0 saturated heterocycles. The van der Waals surface area contributed by atoms with Gasteiger partial charge in [0.2, 0.25) is 5.91 Å². The van der Waals surface area contributed by atoms with Crippen molar-refractivity contribution < 1.29 is 4.79 Å². The van der Waals surface area contributed by atoms with Crippen molar-refractivity contribution in [3.63, 3.8) is 0 Å². The summed E-state index contributed by atoms with van der Waals surface area (Å²) in [5, 5.41) is 2.80. The Kier molecular flexibility index (Phi) is 12.3. The number of hydrogen-bond acceptors (Lipinski definition) is 2. The maximum atomic E-state index is 11.4. The molecule has 1 amide bonds. The zero-order chi connectivity index (χ0) is 14.3. The fraction of sp³-hybridized carbons (Fsp3) is 0.857. The van der Waals surface area contributed by atoms with E-state index in [9.17, 15) is 4.79 Å². The first-order chi connectivity index (χ1) is 9.16. The van der Waals surface area contributed by atoms with Crippen LogP contribution in [-0.2, 0) is 4.79 Å². The zero-order valence-corrected chi connectivity index (χ0v) is 12.3. The predicted octanol–water partition coefficient (Wildman–Crippen LogP) is 1.91. The predicted molar refractivity (Wildman–Crippen MR) is 80.9 cm³/mol. The first-order valence-electron chi connectivity index (χ1n) is 7.49. The summed E-state index contributed by atoms with van der Waals surface area (Å²) in [5.41, 5.74) is 10.4. The van der Waals surface area contributed by atoms with E-state index in [1.807, 2.05) is 0 Å². The third-order valence-electron chi connectivity index (χ3n) is 2.99. The molecule has 0 heterocycles. The van der Waals surface area contributed by atoms with Gasteiger partial charge in [0.05, 0.1) is 6.54 Å². The number of carbonyl (C=O) groups is 1. The molecule has 0 spiro atoms. The average molecular weight is 270 g/mol. The van der Waals surface area contributed by atoms with Gasteiger partial charge in [0.15, 0.2) is 5.96 Å². The van der Waals surface area contributed by atoms with E-state index >= 15 is 0 Å². The summed E-state index contributed by atoms with van der Waals surface area (Å²) in [5.74, 6) is 0.161. The smallest absolute Gasteiger partial charge is 0.220 e. The summed E-state index contributed by atoms with van der Waals surface area (Å²) >= 11 is 0. The van der Waals surface area contributed by atoms with Crippen molar-refractivity contribution in [1.82, 2.24) is 5.32 Å². The van der Waals surface area contributed by atoms with Crippen LogP contribution in [0.3, 0.4) is 0 Å². The fourth-order valence-electron chi connectivity index (χ4n) is 1.89. The normalized spacial score (nSPS) is 10.2. The van der Waals surface area contributed by atoms with Gasteiger partial charge >= 0.3 is 0 Å². The molecule has 5 nitrogen and oxygen atoms in total. The molecule has 0 saturated carbocycles. The topological polar surface area (TPSA) is 93.5 Å². The van der Waals surface area contributed by atoms with Crippen LogP contribution in [0.2, 0.25) is 0 Å². The molecule has 19 heavy (non-hydrogen) atoms. The van der Waals surface area contributed by atoms with E-state index in [1.54, 1.807) is 0 Å². The van der Waals surface area contributed by atoms with Gasteiger partial charge in [-0.1, -0.05) is 51.9 Å². The maximum absolute atomic E-state index is 11.4. The molecular formula is C14H30N4O. The second-order valence-corrected chi connectivity index (χ2v) is 4.88. The standard InChI is InChI=1S/C14H30N4O/c1-2-3-4-5-6-7-8-9-10-13(19)17-11-12-18-14(15)16/h2-12H2,1H3,(H,17,19)(H4,15,16,18). The van der Waals surface area contributed by atoms with Crippen LogP contribution in [0.1, 0.15) is 64.7 Å². The number of guanidine groups is 1. The van der Waals surface area contributed by atoms with Crippen LogP contribution in [0.5, 0.6) is 0 Å². The first kappa shape index (κ1) is 17.7. The third-order valence-corrected chi connectivity index (χ3v) is 2.99. The highest BCUT2D eigenvalue weighted by atomic mass is 16.1. The summed E-state index contributed by atoms with van der Waals surface area (Å²) in [6.45, 7) is 3.19. The quantitative estimate of drug-likeness (QED) is 0.287. The van der Waals surface area contributed by atoms with Crippen LogP contribution in [0.15, 0.2) is 4.99 Å². The number of unbranched alkanes of at least 4 members (excludes halogenated alkanes) is 7. The van der Waals surface area contributed by atoms with Gasteiger partial charge in [0.25, 0.3) is 0 Å². The lowest BCUT2D eigenvalue weighted by Crippen LogP contribution is -2.28. The van der Waals surface area contributed by atoms with Crippen LogP contribution < -0.4 is 16.8 Å². The minimum Gasteiger partial charge on any atom is -0.370 e. The molecule has 5 N–H and O–H groups in total. The van der Waals surface area contributed by atoms with Gasteiger partial charge in [-0.05, 0) is 6.42 Å². The molecule has 0 unspecified atom stereocenters. The number of rotatable bonds is 12. The molecule has 0 fully saturated rings. The largest absolute Gasteiger partial charge is 0.370 e. The lowest BCUT2D eigenvalue weighted by molar-refractivity contribution is -0.121. The number of aliphatic imine (C=N–C) groups is 1. The van der Waals surface area contributed by atoms with E-state index in [2.05, 4.69) is 17.2 Å². The number of carbonyl (C=O) groups excluding carboxylic acids is 1. The Hall–Kier alpha value is -1.26. The SMILES string of the molecule is CCCCCCCCCCC(=O)NCCN=C(N)N. The van der Waals surface area contributed by atoms with Gasteiger partial charge in [0, 0.05) is 13.0 Å². The van der Waals surface area contributed by atoms with Gasteiger partial charge in [-0.3, -0.25) is 9.79 Å². The van der Waals surface area contributed by atoms with Crippen LogP contribution in [0, 0.1) is 0 Å². The molecule has 0 radical (unpaired) electrons. The highest BCUT2D eigenvalue weighted by molar-refractivity contribution is 5.76. The number of amides is 1. The number of nitrogens with zero attached hydrogens (tertiary/aromatic N) is 1. The van der Waals surface area contributed by atoms with Gasteiger partial charge in [-0.25, -0.2) is 0 Å². The van der Waals surface area contributed by atoms with Gasteiger partial charge in [0.1, 0.15) is 0 Å². The number of nitrogens with one attached hydrogen (secondary N) is 1. The van der Waals surface area contributed by atoms with Gasteiger partial charge < -0.3 is 16.8 Å². The second-order valence-electron chi connectivity index (χ2n) is 4.88. The summed E-state index contributed by atoms with van der Waals surface area (Å²) in [4.78, 5) is 15.2. The molecule has 0 bridgehead atoms. The Balaban J connectivity index is 3.23. The fourth-order valence-corrected chi connectivity index (χ4v) is 1.89. The van der Waals surface area contributed by atoms with Crippen molar-refractivity contribution in [3.05, 3.63) is 0 Å². The molecule has 0 aromatic carbocycles. The Labute approximate surface area is 117 Å². The molecule has 0 aliphatic heterocycles. The maximum Gasteiger partial charge on any atom is 0.220 e. The van der Waals surface area contributed by atoms with E-state index in [-0.39, 0.29) is 11.9 Å². The van der Waals surface area contributed by atoms with E-state index in [0.717, 1.165) is 12.8 Å². The van der Waals surface area contributed by atoms with Gasteiger partial charge in [-0.2, -0.15) is 0 Å². The van der Waals surface area contributed by atoms with E-state index in [4.69, 9.17) is 11.5 Å². The van der Waals surface area contributed by atoms with Crippen molar-refractivity contribution in [2.45, 2.75) is 64.7 Å². The molecule has 0 aliphatic carbocycles. The van der Waals surface area contributed by atoms with E-state index < -0.39 is 0 Å². The van der Waals surface area contributed by atoms with E-state index in [1.165, 1.54) is 38.5 Å². The minimum absolute atomic E-state index is 0.0670. The molecule has 0 atom stereocenters. The Morgan fingerprint density at radius 2 is 1.58 bits per heavy atom. The Bertz CT molecular complexity index is 250. The van der Waals surface area contributed by atoms with E-state index in [0.29, 0.717) is 19.5 Å². The van der Waals surface area contributed by atoms with Crippen molar-refractivity contribution >= 4 is 11.9 Å². The Morgan fingerprint density at radius 1 is 1.00 bits per heavy atom. The van der Waals surface area contributed by atoms with Crippen molar-refractivity contribution in [3.8, 4) is 0 Å². The molecule has 112 valence electrons. The first-order valence-corrected chi connectivity index (χ1v) is 7.49. The third kappa shape index (κ3) is 14.7. The van der Waals surface area contributed by atoms with Crippen LogP contribution in [0.4, 0.5) is 0 Å². The second kappa shape index (κ2) is 13.2. The van der Waals surface area contributed by atoms with Crippen LogP contribution in [0.25, 0.3) is 0 Å². The van der Waals surface area contributed by atoms with Gasteiger partial charge in [-0.15, -0.1) is 0 Å². The van der Waals surface area contributed by atoms with Crippen molar-refractivity contribution in [2.24, 2.45) is 16.5 Å². The summed E-state index contributed by atoms with van der Waals surface area (Å²) in [7, 11) is 0. The highest BCUT2D eigenvalue weighted by Gasteiger charge is 1.99. The molecule has 0 aliphatic rings. The molecule has 0 aromatic heterocycles. The summed E-state index contributed by atoms with van der Waals surface area (Å²) in [6, 6.07) is 0.